The Hall–Kier alpha value is 0.350. The van der Waals surface area contributed by atoms with Gasteiger partial charge in [-0.05, 0) is 86.2 Å². The molecule has 5 aliphatic rings. The smallest absolute Gasteiger partial charge is 0.0496 e. The van der Waals surface area contributed by atoms with Gasteiger partial charge in [0.2, 0.25) is 0 Å². The van der Waals surface area contributed by atoms with Crippen molar-refractivity contribution in [2.24, 2.45) is 47.3 Å². The van der Waals surface area contributed by atoms with Crippen LogP contribution in [-0.4, -0.2) is 5.25 Å². The molecule has 9 atom stereocenters. The molecule has 0 aliphatic heterocycles. The van der Waals surface area contributed by atoms with Gasteiger partial charge in [-0.2, -0.15) is 0 Å². The van der Waals surface area contributed by atoms with E-state index in [0.29, 0.717) is 0 Å². The van der Waals surface area contributed by atoms with Crippen molar-refractivity contribution in [3.05, 3.63) is 0 Å². The maximum Gasteiger partial charge on any atom is 0.117 e. The summed E-state index contributed by atoms with van der Waals surface area (Å²) in [5.41, 5.74) is 0. The van der Waals surface area contributed by atoms with Crippen LogP contribution in [0, 0.1) is 47.3 Å². The van der Waals surface area contributed by atoms with Crippen molar-refractivity contribution in [3.63, 3.8) is 0 Å². The van der Waals surface area contributed by atoms with Gasteiger partial charge in [-0.15, -0.1) is 0 Å². The Labute approximate surface area is 97.6 Å². The fraction of sp³-hybridized carbons (Fsp3) is 1.00. The third-order valence-electron chi connectivity index (χ3n) is 7.15. The van der Waals surface area contributed by atoms with Gasteiger partial charge < -0.3 is 0 Å². The lowest BCUT2D eigenvalue weighted by Crippen LogP contribution is -2.45. The van der Waals surface area contributed by atoms with Gasteiger partial charge in [-0.3, -0.25) is 0 Å². The van der Waals surface area contributed by atoms with E-state index in [4.69, 9.17) is 0 Å². The molecule has 0 heterocycles. The molecule has 0 aromatic rings. The summed E-state index contributed by atoms with van der Waals surface area (Å²) < 4.78 is 0. The molecular formula is C14H21S+. The molecule has 0 N–H and O–H groups in total. The molecule has 0 nitrogen and oxygen atoms in total. The van der Waals surface area contributed by atoms with Gasteiger partial charge in [0.1, 0.15) is 5.25 Å². The fourth-order valence-corrected chi connectivity index (χ4v) is 7.51. The zero-order chi connectivity index (χ0) is 9.73. The molecule has 0 amide bonds. The van der Waals surface area contributed by atoms with E-state index in [0.717, 1.165) is 17.1 Å². The molecule has 82 valence electrons. The lowest BCUT2D eigenvalue weighted by molar-refractivity contribution is -0.00128. The van der Waals surface area contributed by atoms with Gasteiger partial charge in [-0.25, -0.2) is 0 Å². The van der Waals surface area contributed by atoms with Crippen LogP contribution in [0.25, 0.3) is 0 Å². The molecule has 5 aliphatic carbocycles. The maximum atomic E-state index is 4.01. The molecule has 5 fully saturated rings. The van der Waals surface area contributed by atoms with Crippen molar-refractivity contribution in [1.29, 1.82) is 0 Å². The van der Waals surface area contributed by atoms with E-state index >= 15 is 0 Å². The first-order valence-electron chi connectivity index (χ1n) is 7.05. The van der Waals surface area contributed by atoms with Crippen LogP contribution in [0.2, 0.25) is 0 Å². The topological polar surface area (TPSA) is 0 Å². The van der Waals surface area contributed by atoms with E-state index < -0.39 is 0 Å². The Balaban J connectivity index is 1.58. The predicted octanol–water partition coefficient (Wildman–Crippen LogP) is 2.31. The van der Waals surface area contributed by atoms with Crippen LogP contribution in [0.5, 0.6) is 0 Å². The second-order valence-corrected chi connectivity index (χ2v) is 7.87. The molecule has 15 heavy (non-hydrogen) atoms. The molecule has 0 aromatic carbocycles. The fourth-order valence-electron chi connectivity index (χ4n) is 6.85. The van der Waals surface area contributed by atoms with Gasteiger partial charge in [0, 0.05) is 5.92 Å². The number of hydrogen-bond donors (Lipinski definition) is 0. The quantitative estimate of drug-likeness (QED) is 0.435. The van der Waals surface area contributed by atoms with Crippen LogP contribution in [0.4, 0.5) is 0 Å². The summed E-state index contributed by atoms with van der Waals surface area (Å²) in [7, 11) is 0. The van der Waals surface area contributed by atoms with Gasteiger partial charge in [0.25, 0.3) is 0 Å². The van der Waals surface area contributed by atoms with Crippen LogP contribution in [-0.2, 0) is 12.6 Å². The van der Waals surface area contributed by atoms with Gasteiger partial charge in [-0.1, -0.05) is 0 Å². The molecule has 4 bridgehead atoms. The Morgan fingerprint density at radius 2 is 1.40 bits per heavy atom. The summed E-state index contributed by atoms with van der Waals surface area (Å²) >= 11 is 4.01. The first kappa shape index (κ1) is 8.44. The highest BCUT2D eigenvalue weighted by molar-refractivity contribution is 7.59. The van der Waals surface area contributed by atoms with E-state index in [-0.39, 0.29) is 0 Å². The standard InChI is InChI=1S/C14H20S/c15-12-4-6-3-11(12)14-10-5-9(13(6)14)7-1-2-8(7)10/h6-15H,1-5H2/p+1. The van der Waals surface area contributed by atoms with E-state index in [9.17, 15) is 0 Å². The predicted molar refractivity (Wildman–Crippen MR) is 64.9 cm³/mol. The first-order chi connectivity index (χ1) is 7.34. The summed E-state index contributed by atoms with van der Waals surface area (Å²) in [6.45, 7) is 0. The molecule has 9 unspecified atom stereocenters. The first-order valence-corrected chi connectivity index (χ1v) is 7.63. The van der Waals surface area contributed by atoms with Crippen molar-refractivity contribution >= 4 is 12.6 Å². The lowest BCUT2D eigenvalue weighted by Gasteiger charge is -2.49. The number of rotatable bonds is 0. The Morgan fingerprint density at radius 1 is 0.667 bits per heavy atom. The molecule has 1 heteroatoms. The zero-order valence-electron chi connectivity index (χ0n) is 9.23. The molecule has 0 aromatic heterocycles. The SMILES string of the molecule is [SH2+]C1CC2CC1C1C3CC(C4CCC43)C21. The molecule has 0 saturated heterocycles. The van der Waals surface area contributed by atoms with Gasteiger partial charge in [0.15, 0.2) is 0 Å². The van der Waals surface area contributed by atoms with Crippen LogP contribution < -0.4 is 0 Å². The lowest BCUT2D eigenvalue weighted by atomic mass is 9.56. The normalized spacial score (nSPS) is 73.0. The summed E-state index contributed by atoms with van der Waals surface area (Å²) in [5.74, 6) is 9.42. The van der Waals surface area contributed by atoms with Crippen LogP contribution in [0.3, 0.4) is 0 Å². The number of hydrogen-bond acceptors (Lipinski definition) is 0. The average molecular weight is 221 g/mol. The van der Waals surface area contributed by atoms with Crippen molar-refractivity contribution in [3.8, 4) is 0 Å². The van der Waals surface area contributed by atoms with Gasteiger partial charge in [0.05, 0.1) is 0 Å². The average Bonchev–Trinajstić information content (AvgIpc) is 2.78. The van der Waals surface area contributed by atoms with E-state index in [1.165, 1.54) is 41.9 Å². The van der Waals surface area contributed by atoms with Crippen molar-refractivity contribution in [2.45, 2.75) is 37.4 Å². The molecule has 5 rings (SSSR count). The summed E-state index contributed by atoms with van der Waals surface area (Å²) in [6, 6.07) is 0. The third-order valence-corrected chi connectivity index (χ3v) is 7.81. The van der Waals surface area contributed by atoms with Crippen molar-refractivity contribution < 1.29 is 0 Å². The minimum atomic E-state index is 0.897. The van der Waals surface area contributed by atoms with Crippen LogP contribution >= 0.6 is 0 Å². The largest absolute Gasteiger partial charge is 0.117 e. The van der Waals surface area contributed by atoms with E-state index in [1.54, 1.807) is 25.7 Å². The van der Waals surface area contributed by atoms with Crippen molar-refractivity contribution in [2.75, 3.05) is 0 Å². The van der Waals surface area contributed by atoms with E-state index in [2.05, 4.69) is 12.6 Å². The highest BCUT2D eigenvalue weighted by atomic mass is 32.1. The minimum Gasteiger partial charge on any atom is -0.0496 e. The van der Waals surface area contributed by atoms with E-state index in [1.807, 2.05) is 0 Å². The molecule has 0 spiro atoms. The highest BCUT2D eigenvalue weighted by Crippen LogP contribution is 2.74. The molecule has 0 radical (unpaired) electrons. The van der Waals surface area contributed by atoms with Crippen molar-refractivity contribution in [1.82, 2.24) is 0 Å². The van der Waals surface area contributed by atoms with Crippen LogP contribution in [0.1, 0.15) is 32.1 Å². The minimum absolute atomic E-state index is 0.897. The highest BCUT2D eigenvalue weighted by Gasteiger charge is 2.69. The van der Waals surface area contributed by atoms with Gasteiger partial charge >= 0.3 is 0 Å². The number of fused-ring (bicyclic) bond motifs is 12. The summed E-state index contributed by atoms with van der Waals surface area (Å²) in [5, 5.41) is 0.897. The Morgan fingerprint density at radius 3 is 2.13 bits per heavy atom. The molecule has 5 saturated carbocycles. The molecular weight excluding hydrogens is 200 g/mol. The second-order valence-electron chi connectivity index (χ2n) is 7.13. The summed E-state index contributed by atoms with van der Waals surface area (Å²) in [4.78, 5) is 0. The zero-order valence-corrected chi connectivity index (χ0v) is 10.2. The monoisotopic (exact) mass is 221 g/mol. The Kier molecular flexibility index (Phi) is 1.38. The van der Waals surface area contributed by atoms with Crippen LogP contribution in [0.15, 0.2) is 0 Å². The third kappa shape index (κ3) is 0.769. The second kappa shape index (κ2) is 2.44. The Bertz CT molecular complexity index is 325. The maximum absolute atomic E-state index is 4.01. The summed E-state index contributed by atoms with van der Waals surface area (Å²) in [6.07, 6.45) is 7.96.